The van der Waals surface area contributed by atoms with Crippen LogP contribution >= 0.6 is 12.4 Å². The summed E-state index contributed by atoms with van der Waals surface area (Å²) in [6.45, 7) is 9.36. The molecule has 0 saturated carbocycles. The van der Waals surface area contributed by atoms with E-state index in [0.717, 1.165) is 25.9 Å². The number of nitrogens with zero attached hydrogens (tertiary/aromatic N) is 1. The van der Waals surface area contributed by atoms with E-state index in [2.05, 4.69) is 10.6 Å². The fourth-order valence-electron chi connectivity index (χ4n) is 2.18. The first-order valence-corrected chi connectivity index (χ1v) is 7.36. The van der Waals surface area contributed by atoms with Gasteiger partial charge in [0.15, 0.2) is 0 Å². The third kappa shape index (κ3) is 5.67. The number of carbonyl (C=O) groups excluding carboxylic acids is 2. The molecule has 0 bridgehead atoms. The molecule has 1 unspecified atom stereocenters. The topological polar surface area (TPSA) is 61.4 Å². The monoisotopic (exact) mass is 305 g/mol. The van der Waals surface area contributed by atoms with E-state index < -0.39 is 0 Å². The smallest absolute Gasteiger partial charge is 0.239 e. The van der Waals surface area contributed by atoms with Crippen LogP contribution in [0.3, 0.4) is 0 Å². The molecule has 6 heteroatoms. The zero-order valence-corrected chi connectivity index (χ0v) is 13.6. The molecule has 0 spiro atoms. The Morgan fingerprint density at radius 1 is 1.30 bits per heavy atom. The molecule has 0 aromatic heterocycles. The summed E-state index contributed by atoms with van der Waals surface area (Å²) in [5.74, 6) is 0.486. The van der Waals surface area contributed by atoms with Crippen LogP contribution in [-0.4, -0.2) is 49.4 Å². The number of carbonyl (C=O) groups is 2. The molecule has 0 aromatic rings. The number of halogens is 1. The molecular weight excluding hydrogens is 278 g/mol. The Morgan fingerprint density at radius 2 is 1.95 bits per heavy atom. The minimum Gasteiger partial charge on any atom is -0.355 e. The second-order valence-corrected chi connectivity index (χ2v) is 5.32. The lowest BCUT2D eigenvalue weighted by atomic mass is 9.88. The van der Waals surface area contributed by atoms with Crippen LogP contribution in [0.25, 0.3) is 0 Å². The minimum absolute atomic E-state index is 0. The van der Waals surface area contributed by atoms with Crippen LogP contribution in [-0.2, 0) is 9.59 Å². The summed E-state index contributed by atoms with van der Waals surface area (Å²) >= 11 is 0. The highest BCUT2D eigenvalue weighted by molar-refractivity contribution is 5.86. The Hall–Kier alpha value is -0.810. The summed E-state index contributed by atoms with van der Waals surface area (Å²) in [6.07, 6.45) is 1.79. The molecule has 1 aliphatic rings. The summed E-state index contributed by atoms with van der Waals surface area (Å²) < 4.78 is 0. The molecule has 1 fully saturated rings. The van der Waals surface area contributed by atoms with Gasteiger partial charge in [0.1, 0.15) is 0 Å². The van der Waals surface area contributed by atoms with Crippen LogP contribution in [0.15, 0.2) is 0 Å². The normalized spacial score (nSPS) is 15.8. The van der Waals surface area contributed by atoms with Gasteiger partial charge in [0.25, 0.3) is 0 Å². The lowest BCUT2D eigenvalue weighted by Gasteiger charge is -2.34. The average Bonchev–Trinajstić information content (AvgIpc) is 2.32. The molecule has 2 N–H and O–H groups in total. The summed E-state index contributed by atoms with van der Waals surface area (Å²) in [5, 5.41) is 6.01. The van der Waals surface area contributed by atoms with Gasteiger partial charge >= 0.3 is 0 Å². The number of hydrogen-bond acceptors (Lipinski definition) is 3. The third-order valence-corrected chi connectivity index (χ3v) is 3.62. The molecule has 1 rings (SSSR count). The van der Waals surface area contributed by atoms with E-state index in [9.17, 15) is 9.59 Å². The minimum atomic E-state index is -0.0532. The highest BCUT2D eigenvalue weighted by atomic mass is 35.5. The van der Waals surface area contributed by atoms with Crippen molar-refractivity contribution in [2.45, 2.75) is 33.6 Å². The van der Waals surface area contributed by atoms with Gasteiger partial charge in [0.05, 0.1) is 6.54 Å². The van der Waals surface area contributed by atoms with Crippen molar-refractivity contribution in [3.63, 3.8) is 0 Å². The van der Waals surface area contributed by atoms with Crippen molar-refractivity contribution >= 4 is 24.2 Å². The van der Waals surface area contributed by atoms with Crippen LogP contribution in [0.4, 0.5) is 0 Å². The van der Waals surface area contributed by atoms with E-state index >= 15 is 0 Å². The van der Waals surface area contributed by atoms with Crippen LogP contribution in [0.2, 0.25) is 0 Å². The Morgan fingerprint density at radius 3 is 2.40 bits per heavy atom. The molecule has 1 aliphatic heterocycles. The molecule has 0 aromatic carbocycles. The number of nitrogens with one attached hydrogen (secondary N) is 2. The van der Waals surface area contributed by atoms with Gasteiger partial charge in [-0.3, -0.25) is 9.59 Å². The first-order chi connectivity index (χ1) is 9.10. The van der Waals surface area contributed by atoms with E-state index in [-0.39, 0.29) is 36.7 Å². The maximum absolute atomic E-state index is 12.4. The van der Waals surface area contributed by atoms with E-state index in [1.165, 1.54) is 0 Å². The molecular formula is C14H28ClN3O2. The Balaban J connectivity index is 0.00000361. The average molecular weight is 306 g/mol. The standard InChI is InChI=1S/C14H27N3O2.ClH/c1-4-6-16-13(18)10-17(7-5-2)14(19)11(3)12-8-15-9-12;/h11-12,15H,4-10H2,1-3H3,(H,16,18);1H. The van der Waals surface area contributed by atoms with Gasteiger partial charge in [-0.1, -0.05) is 20.8 Å². The molecule has 20 heavy (non-hydrogen) atoms. The van der Waals surface area contributed by atoms with Gasteiger partial charge in [-0.15, -0.1) is 12.4 Å². The highest BCUT2D eigenvalue weighted by Crippen LogP contribution is 2.18. The van der Waals surface area contributed by atoms with Crippen molar-refractivity contribution in [1.82, 2.24) is 15.5 Å². The van der Waals surface area contributed by atoms with Crippen LogP contribution in [0, 0.1) is 11.8 Å². The van der Waals surface area contributed by atoms with Crippen molar-refractivity contribution in [3.05, 3.63) is 0 Å². The quantitative estimate of drug-likeness (QED) is 0.704. The second kappa shape index (κ2) is 10.00. The molecule has 1 atom stereocenters. The molecule has 1 saturated heterocycles. The molecule has 118 valence electrons. The Labute approximate surface area is 128 Å². The van der Waals surface area contributed by atoms with Gasteiger partial charge in [0, 0.05) is 19.0 Å². The fraction of sp³-hybridized carbons (Fsp3) is 0.857. The predicted octanol–water partition coefficient (Wildman–Crippen LogP) is 1.03. The van der Waals surface area contributed by atoms with E-state index in [0.29, 0.717) is 19.0 Å². The molecule has 2 amide bonds. The summed E-state index contributed by atoms with van der Waals surface area (Å²) in [6, 6.07) is 0. The first kappa shape index (κ1) is 19.2. The van der Waals surface area contributed by atoms with Crippen LogP contribution < -0.4 is 10.6 Å². The fourth-order valence-corrected chi connectivity index (χ4v) is 2.18. The van der Waals surface area contributed by atoms with Gasteiger partial charge in [0.2, 0.25) is 11.8 Å². The molecule has 5 nitrogen and oxygen atoms in total. The Bertz CT molecular complexity index is 309. The lowest BCUT2D eigenvalue weighted by molar-refractivity contribution is -0.141. The molecule has 0 aliphatic carbocycles. The van der Waals surface area contributed by atoms with E-state index in [1.54, 1.807) is 4.90 Å². The van der Waals surface area contributed by atoms with Gasteiger partial charge in [-0.2, -0.15) is 0 Å². The summed E-state index contributed by atoms with van der Waals surface area (Å²) in [7, 11) is 0. The van der Waals surface area contributed by atoms with Crippen molar-refractivity contribution in [3.8, 4) is 0 Å². The highest BCUT2D eigenvalue weighted by Gasteiger charge is 2.31. The summed E-state index contributed by atoms with van der Waals surface area (Å²) in [5.41, 5.74) is 0. The Kier molecular flexibility index (Phi) is 9.59. The van der Waals surface area contributed by atoms with Gasteiger partial charge < -0.3 is 15.5 Å². The number of amides is 2. The second-order valence-electron chi connectivity index (χ2n) is 5.32. The third-order valence-electron chi connectivity index (χ3n) is 3.62. The van der Waals surface area contributed by atoms with Gasteiger partial charge in [-0.05, 0) is 31.8 Å². The van der Waals surface area contributed by atoms with E-state index in [4.69, 9.17) is 0 Å². The molecule has 1 heterocycles. The number of rotatable bonds is 8. The van der Waals surface area contributed by atoms with Gasteiger partial charge in [-0.25, -0.2) is 0 Å². The van der Waals surface area contributed by atoms with Crippen molar-refractivity contribution in [1.29, 1.82) is 0 Å². The maximum atomic E-state index is 12.4. The van der Waals surface area contributed by atoms with Crippen molar-refractivity contribution in [2.24, 2.45) is 11.8 Å². The zero-order chi connectivity index (χ0) is 14.3. The largest absolute Gasteiger partial charge is 0.355 e. The van der Waals surface area contributed by atoms with Crippen molar-refractivity contribution in [2.75, 3.05) is 32.7 Å². The zero-order valence-electron chi connectivity index (χ0n) is 12.8. The molecule has 0 radical (unpaired) electrons. The lowest BCUT2D eigenvalue weighted by Crippen LogP contribution is -2.51. The summed E-state index contributed by atoms with van der Waals surface area (Å²) in [4.78, 5) is 25.8. The van der Waals surface area contributed by atoms with Crippen LogP contribution in [0.5, 0.6) is 0 Å². The van der Waals surface area contributed by atoms with Crippen LogP contribution in [0.1, 0.15) is 33.6 Å². The number of hydrogen-bond donors (Lipinski definition) is 2. The SMILES string of the molecule is CCCNC(=O)CN(CCC)C(=O)C(C)C1CNC1.Cl. The predicted molar refractivity (Wildman–Crippen MR) is 82.9 cm³/mol. The van der Waals surface area contributed by atoms with Crippen molar-refractivity contribution < 1.29 is 9.59 Å². The van der Waals surface area contributed by atoms with E-state index in [1.807, 2.05) is 20.8 Å². The maximum Gasteiger partial charge on any atom is 0.239 e. The first-order valence-electron chi connectivity index (χ1n) is 7.36.